The quantitative estimate of drug-likeness (QED) is 0.314. The summed E-state index contributed by atoms with van der Waals surface area (Å²) >= 11 is 1.53. The van der Waals surface area contributed by atoms with Crippen molar-refractivity contribution in [1.82, 2.24) is 23.5 Å². The predicted molar refractivity (Wildman–Crippen MR) is 142 cm³/mol. The van der Waals surface area contributed by atoms with Crippen molar-refractivity contribution < 1.29 is 4.74 Å². The van der Waals surface area contributed by atoms with Gasteiger partial charge in [-0.3, -0.25) is 9.48 Å². The number of imidazole rings is 1. The fourth-order valence-corrected chi connectivity index (χ4v) is 5.25. The molecule has 0 spiro atoms. The van der Waals surface area contributed by atoms with Gasteiger partial charge in [0.15, 0.2) is 10.5 Å². The lowest BCUT2D eigenvalue weighted by atomic mass is 10.1. The van der Waals surface area contributed by atoms with E-state index in [1.54, 1.807) is 18.0 Å². The Morgan fingerprint density at radius 2 is 1.83 bits per heavy atom. The topological polar surface area (TPSA) is 71.3 Å². The van der Waals surface area contributed by atoms with E-state index >= 15 is 0 Å². The van der Waals surface area contributed by atoms with Crippen molar-refractivity contribution in [2.75, 3.05) is 7.11 Å². The Bertz CT molecular complexity index is 1590. The summed E-state index contributed by atoms with van der Waals surface area (Å²) in [6, 6.07) is 17.6. The van der Waals surface area contributed by atoms with Crippen molar-refractivity contribution in [3.63, 3.8) is 0 Å². The number of nitrogens with zero attached hydrogens (tertiary/aromatic N) is 6. The normalized spacial score (nSPS) is 11.8. The van der Waals surface area contributed by atoms with Crippen LogP contribution in [0.15, 0.2) is 88.5 Å². The summed E-state index contributed by atoms with van der Waals surface area (Å²) in [7, 11) is 3.57. The number of aromatic nitrogens is 5. The molecule has 0 N–H and O–H groups in total. The van der Waals surface area contributed by atoms with Gasteiger partial charge >= 0.3 is 0 Å². The van der Waals surface area contributed by atoms with E-state index < -0.39 is 0 Å². The zero-order chi connectivity index (χ0) is 25.1. The highest BCUT2D eigenvalue weighted by Crippen LogP contribution is 2.30. The van der Waals surface area contributed by atoms with Crippen molar-refractivity contribution in [1.29, 1.82) is 0 Å². The van der Waals surface area contributed by atoms with Crippen molar-refractivity contribution in [2.24, 2.45) is 12.0 Å². The first-order valence-electron chi connectivity index (χ1n) is 11.7. The molecule has 9 heteroatoms. The molecule has 0 aliphatic rings. The number of hydrogen-bond acceptors (Lipinski definition) is 5. The van der Waals surface area contributed by atoms with E-state index in [1.807, 2.05) is 85.8 Å². The predicted octanol–water partition coefficient (Wildman–Crippen LogP) is 4.54. The lowest BCUT2D eigenvalue weighted by molar-refractivity contribution is 0.416. The Labute approximate surface area is 213 Å². The molecular weight excluding hydrogens is 472 g/mol. The average molecular weight is 501 g/mol. The molecule has 0 atom stereocenters. The third-order valence-corrected chi connectivity index (χ3v) is 7.13. The van der Waals surface area contributed by atoms with E-state index in [0.717, 1.165) is 52.7 Å². The summed E-state index contributed by atoms with van der Waals surface area (Å²) in [5, 5.41) is 2.09. The van der Waals surface area contributed by atoms with Gasteiger partial charge in [0.2, 0.25) is 0 Å². The number of methoxy groups -OCH3 is 1. The second-order valence-electron chi connectivity index (χ2n) is 8.43. The molecule has 5 aromatic rings. The fraction of sp³-hybridized carbons (Fsp3) is 0.222. The molecule has 0 unspecified atom stereocenters. The van der Waals surface area contributed by atoms with Crippen LogP contribution in [0.3, 0.4) is 0 Å². The van der Waals surface area contributed by atoms with Crippen molar-refractivity contribution in [3.05, 3.63) is 99.5 Å². The lowest BCUT2D eigenvalue weighted by Gasteiger charge is -2.12. The minimum absolute atomic E-state index is 0.140. The molecule has 36 heavy (non-hydrogen) atoms. The molecular formula is C27H28N6O2S. The highest BCUT2D eigenvalue weighted by atomic mass is 32.1. The van der Waals surface area contributed by atoms with Gasteiger partial charge in [-0.05, 0) is 37.6 Å². The van der Waals surface area contributed by atoms with Crippen LogP contribution in [0.25, 0.3) is 16.9 Å². The van der Waals surface area contributed by atoms with Crippen LogP contribution >= 0.6 is 11.3 Å². The number of aryl methyl sites for hydroxylation is 1. The lowest BCUT2D eigenvalue weighted by Crippen LogP contribution is -2.20. The van der Waals surface area contributed by atoms with Gasteiger partial charge in [0.05, 0.1) is 30.5 Å². The first-order chi connectivity index (χ1) is 17.6. The second-order valence-corrected chi connectivity index (χ2v) is 9.27. The number of ether oxygens (including phenoxy) is 1. The minimum Gasteiger partial charge on any atom is -0.496 e. The van der Waals surface area contributed by atoms with Gasteiger partial charge < -0.3 is 13.9 Å². The molecule has 0 bridgehead atoms. The van der Waals surface area contributed by atoms with Crippen LogP contribution in [0.4, 0.5) is 5.69 Å². The van der Waals surface area contributed by atoms with Crippen LogP contribution in [-0.4, -0.2) is 30.6 Å². The van der Waals surface area contributed by atoms with Crippen LogP contribution < -0.4 is 15.1 Å². The molecule has 8 nitrogen and oxygen atoms in total. The zero-order valence-electron chi connectivity index (χ0n) is 20.5. The number of benzene rings is 2. The highest BCUT2D eigenvalue weighted by molar-refractivity contribution is 7.07. The molecule has 5 rings (SSSR count). The van der Waals surface area contributed by atoms with E-state index in [4.69, 9.17) is 9.73 Å². The Morgan fingerprint density at radius 1 is 1.06 bits per heavy atom. The van der Waals surface area contributed by atoms with E-state index in [0.29, 0.717) is 5.69 Å². The van der Waals surface area contributed by atoms with E-state index in [-0.39, 0.29) is 5.56 Å². The number of hydrogen-bond donors (Lipinski definition) is 0. The van der Waals surface area contributed by atoms with Crippen LogP contribution in [0.1, 0.15) is 12.1 Å². The Kier molecular flexibility index (Phi) is 6.73. The molecule has 0 aliphatic carbocycles. The molecule has 0 saturated heterocycles. The van der Waals surface area contributed by atoms with Gasteiger partial charge in [-0.25, -0.2) is 14.7 Å². The third kappa shape index (κ3) is 4.45. The monoisotopic (exact) mass is 500 g/mol. The summed E-state index contributed by atoms with van der Waals surface area (Å²) in [6.07, 6.45) is 6.45. The largest absolute Gasteiger partial charge is 0.496 e. The molecule has 3 heterocycles. The van der Waals surface area contributed by atoms with Gasteiger partial charge in [0.25, 0.3) is 5.56 Å². The Morgan fingerprint density at radius 3 is 2.58 bits per heavy atom. The molecule has 0 radical (unpaired) electrons. The molecule has 0 saturated carbocycles. The standard InChI is InChI=1S/C27H28N6O2S/c1-20-25(26(34)33(30(20)2)21-10-5-4-6-11-21)29-27-32(16-9-15-31-17-14-28-19-31)23(18-36-27)22-12-7-8-13-24(22)35-3/h4-8,10-14,17-19H,9,15-16H2,1-3H3. The number of rotatable bonds is 8. The van der Waals surface area contributed by atoms with Gasteiger partial charge in [0, 0.05) is 43.5 Å². The summed E-state index contributed by atoms with van der Waals surface area (Å²) in [5.41, 5.74) is 3.92. The maximum atomic E-state index is 13.5. The first kappa shape index (κ1) is 23.6. The third-order valence-electron chi connectivity index (χ3n) is 6.27. The molecule has 3 aromatic heterocycles. The van der Waals surface area contributed by atoms with Gasteiger partial charge in [-0.1, -0.05) is 30.3 Å². The van der Waals surface area contributed by atoms with Crippen LogP contribution in [0.2, 0.25) is 0 Å². The van der Waals surface area contributed by atoms with Gasteiger partial charge in [-0.2, -0.15) is 0 Å². The molecule has 0 amide bonds. The summed E-state index contributed by atoms with van der Waals surface area (Å²) in [4.78, 5) is 23.3. The SMILES string of the molecule is COc1ccccc1-c1csc(=Nc2c(C)n(C)n(-c3ccccc3)c2=O)n1CCCn1ccnc1. The summed E-state index contributed by atoms with van der Waals surface area (Å²) in [6.45, 7) is 3.49. The maximum Gasteiger partial charge on any atom is 0.297 e. The first-order valence-corrected chi connectivity index (χ1v) is 12.6. The highest BCUT2D eigenvalue weighted by Gasteiger charge is 2.17. The summed E-state index contributed by atoms with van der Waals surface area (Å²) < 4.78 is 13.4. The van der Waals surface area contributed by atoms with Gasteiger partial charge in [-0.15, -0.1) is 11.3 Å². The number of thiazole rings is 1. The van der Waals surface area contributed by atoms with Gasteiger partial charge in [0.1, 0.15) is 5.75 Å². The summed E-state index contributed by atoms with van der Waals surface area (Å²) in [5.74, 6) is 0.799. The number of para-hydroxylation sites is 2. The van der Waals surface area contributed by atoms with E-state index in [1.165, 1.54) is 11.3 Å². The molecule has 184 valence electrons. The smallest absolute Gasteiger partial charge is 0.297 e. The Balaban J connectivity index is 1.62. The van der Waals surface area contributed by atoms with Crippen LogP contribution in [0, 0.1) is 6.92 Å². The van der Waals surface area contributed by atoms with Crippen molar-refractivity contribution >= 4 is 17.0 Å². The van der Waals surface area contributed by atoms with Crippen LogP contribution in [-0.2, 0) is 20.1 Å². The second kappa shape index (κ2) is 10.2. The minimum atomic E-state index is -0.140. The average Bonchev–Trinajstić information content (AvgIpc) is 3.61. The fourth-order valence-electron chi connectivity index (χ4n) is 4.32. The molecule has 0 aliphatic heterocycles. The molecule has 0 fully saturated rings. The maximum absolute atomic E-state index is 13.5. The van der Waals surface area contributed by atoms with Crippen LogP contribution in [0.5, 0.6) is 5.75 Å². The van der Waals surface area contributed by atoms with E-state index in [9.17, 15) is 4.79 Å². The van der Waals surface area contributed by atoms with E-state index in [2.05, 4.69) is 19.5 Å². The zero-order valence-corrected chi connectivity index (χ0v) is 21.4. The molecule has 2 aromatic carbocycles. The van der Waals surface area contributed by atoms with Crippen molar-refractivity contribution in [2.45, 2.75) is 26.4 Å². The Hall–Kier alpha value is -4.11. The van der Waals surface area contributed by atoms with Crippen molar-refractivity contribution in [3.8, 4) is 22.7 Å².